The Kier molecular flexibility index (Phi) is 9.87. The molecule has 3 rings (SSSR count). The summed E-state index contributed by atoms with van der Waals surface area (Å²) in [6.45, 7) is 6.24. The number of fused-ring (bicyclic) bond motifs is 1. The Hall–Kier alpha value is -2.26. The molecule has 0 unspecified atom stereocenters. The van der Waals surface area contributed by atoms with Gasteiger partial charge in [-0.15, -0.1) is 17.9 Å². The van der Waals surface area contributed by atoms with Crippen LogP contribution in [0.1, 0.15) is 29.3 Å². The van der Waals surface area contributed by atoms with Crippen LogP contribution in [0, 0.1) is 5.82 Å². The maximum Gasteiger partial charge on any atom is 0.237 e. The molecule has 2 heterocycles. The number of thiophene rings is 1. The monoisotopic (exact) mass is 476 g/mol. The van der Waals surface area contributed by atoms with E-state index in [0.717, 1.165) is 18.4 Å². The third-order valence-corrected chi connectivity index (χ3v) is 6.78. The van der Waals surface area contributed by atoms with Crippen LogP contribution >= 0.6 is 11.3 Å². The zero-order chi connectivity index (χ0) is 23.6. The second kappa shape index (κ2) is 12.8. The lowest BCUT2D eigenvalue weighted by atomic mass is 10.0. The minimum absolute atomic E-state index is 0.00780. The van der Waals surface area contributed by atoms with Crippen LogP contribution in [0.25, 0.3) is 0 Å². The Morgan fingerprint density at radius 2 is 2.18 bits per heavy atom. The quantitative estimate of drug-likeness (QED) is 0.447. The highest BCUT2D eigenvalue weighted by atomic mass is 32.1. The van der Waals surface area contributed by atoms with Gasteiger partial charge in [-0.2, -0.15) is 0 Å². The summed E-state index contributed by atoms with van der Waals surface area (Å²) >= 11 is 1.70. The number of halogens is 1. The fourth-order valence-corrected chi connectivity index (χ4v) is 4.95. The predicted molar refractivity (Wildman–Crippen MR) is 128 cm³/mol. The van der Waals surface area contributed by atoms with Gasteiger partial charge in [-0.05, 0) is 60.5 Å². The van der Waals surface area contributed by atoms with E-state index in [9.17, 15) is 14.3 Å². The van der Waals surface area contributed by atoms with E-state index in [1.165, 1.54) is 17.0 Å². The normalized spacial score (nSPS) is 16.5. The number of rotatable bonds is 13. The van der Waals surface area contributed by atoms with Gasteiger partial charge in [0.25, 0.3) is 0 Å². The van der Waals surface area contributed by atoms with Crippen molar-refractivity contribution < 1.29 is 23.8 Å². The van der Waals surface area contributed by atoms with Crippen LogP contribution < -0.4 is 4.74 Å². The van der Waals surface area contributed by atoms with Gasteiger partial charge in [0.05, 0.1) is 25.3 Å². The number of aliphatic hydroxyl groups excluding tert-OH is 1. The van der Waals surface area contributed by atoms with Gasteiger partial charge in [-0.3, -0.25) is 9.69 Å². The second-order valence-corrected chi connectivity index (χ2v) is 9.17. The van der Waals surface area contributed by atoms with Crippen molar-refractivity contribution in [3.8, 4) is 5.75 Å². The molecule has 0 saturated heterocycles. The molecule has 0 radical (unpaired) electrons. The molecule has 1 aliphatic heterocycles. The van der Waals surface area contributed by atoms with Crippen LogP contribution in [-0.4, -0.2) is 73.4 Å². The third-order valence-electron chi connectivity index (χ3n) is 5.78. The van der Waals surface area contributed by atoms with Gasteiger partial charge in [0.2, 0.25) is 5.91 Å². The summed E-state index contributed by atoms with van der Waals surface area (Å²) in [7, 11) is 1.62. The van der Waals surface area contributed by atoms with Gasteiger partial charge in [0.1, 0.15) is 18.2 Å². The van der Waals surface area contributed by atoms with Crippen molar-refractivity contribution in [3.63, 3.8) is 0 Å². The molecule has 1 N–H and O–H groups in total. The number of carbonyl (C=O) groups is 1. The number of hydrogen-bond donors (Lipinski definition) is 1. The average Bonchev–Trinajstić information content (AvgIpc) is 3.29. The summed E-state index contributed by atoms with van der Waals surface area (Å²) in [6.07, 6.45) is 3.40. The number of amides is 1. The molecule has 0 fully saturated rings. The number of carbonyl (C=O) groups excluding carboxylic acids is 1. The van der Waals surface area contributed by atoms with E-state index in [0.29, 0.717) is 45.0 Å². The fraction of sp³-hybridized carbons (Fsp3) is 0.480. The molecule has 33 heavy (non-hydrogen) atoms. The zero-order valence-corrected chi connectivity index (χ0v) is 19.9. The van der Waals surface area contributed by atoms with E-state index in [-0.39, 0.29) is 24.3 Å². The van der Waals surface area contributed by atoms with Crippen molar-refractivity contribution >= 4 is 17.2 Å². The summed E-state index contributed by atoms with van der Waals surface area (Å²) < 4.78 is 24.4. The molecule has 1 aromatic heterocycles. The van der Waals surface area contributed by atoms with E-state index >= 15 is 0 Å². The van der Waals surface area contributed by atoms with Crippen LogP contribution in [0.2, 0.25) is 0 Å². The Bertz CT molecular complexity index is 889. The number of benzene rings is 1. The third kappa shape index (κ3) is 7.37. The molecule has 180 valence electrons. The molecule has 6 nitrogen and oxygen atoms in total. The molecule has 0 bridgehead atoms. The highest BCUT2D eigenvalue weighted by Gasteiger charge is 2.33. The van der Waals surface area contributed by atoms with E-state index in [4.69, 9.17) is 9.47 Å². The lowest BCUT2D eigenvalue weighted by molar-refractivity contribution is -0.136. The lowest BCUT2D eigenvalue weighted by Gasteiger charge is -2.37. The first-order chi connectivity index (χ1) is 16.0. The van der Waals surface area contributed by atoms with Crippen LogP contribution in [0.4, 0.5) is 4.39 Å². The molecule has 2 atom stereocenters. The summed E-state index contributed by atoms with van der Waals surface area (Å²) in [5, 5.41) is 12.4. The summed E-state index contributed by atoms with van der Waals surface area (Å²) in [5.41, 5.74) is 1.11. The minimum atomic E-state index is -0.532. The first kappa shape index (κ1) is 25.4. The molecule has 0 aliphatic carbocycles. The maximum atomic E-state index is 13.4. The number of aliphatic hydroxyl groups is 1. The number of allylic oxidation sites excluding steroid dienone is 1. The Morgan fingerprint density at radius 3 is 2.91 bits per heavy atom. The second-order valence-electron chi connectivity index (χ2n) is 8.16. The topological polar surface area (TPSA) is 62.2 Å². The minimum Gasteiger partial charge on any atom is -0.491 e. The van der Waals surface area contributed by atoms with E-state index < -0.39 is 6.10 Å². The lowest BCUT2D eigenvalue weighted by Crippen LogP contribution is -2.48. The highest BCUT2D eigenvalue weighted by Crippen LogP contribution is 2.34. The predicted octanol–water partition coefficient (Wildman–Crippen LogP) is 3.67. The number of ether oxygens (including phenoxy) is 2. The molecule has 1 aliphatic rings. The van der Waals surface area contributed by atoms with Gasteiger partial charge < -0.3 is 19.5 Å². The van der Waals surface area contributed by atoms with Crippen molar-refractivity contribution in [1.82, 2.24) is 9.80 Å². The van der Waals surface area contributed by atoms with Crippen molar-refractivity contribution in [2.75, 3.05) is 46.5 Å². The molecule has 2 aromatic rings. The van der Waals surface area contributed by atoms with Crippen molar-refractivity contribution in [2.24, 2.45) is 0 Å². The number of methoxy groups -OCH3 is 1. The Morgan fingerprint density at radius 1 is 1.39 bits per heavy atom. The van der Waals surface area contributed by atoms with Gasteiger partial charge >= 0.3 is 0 Å². The number of nitrogens with zero attached hydrogens (tertiary/aromatic N) is 2. The molecule has 0 spiro atoms. The van der Waals surface area contributed by atoms with Gasteiger partial charge in [-0.25, -0.2) is 4.39 Å². The number of hydrogen-bond acceptors (Lipinski definition) is 6. The molecule has 1 aromatic carbocycles. The van der Waals surface area contributed by atoms with Crippen LogP contribution in [0.3, 0.4) is 0 Å². The highest BCUT2D eigenvalue weighted by molar-refractivity contribution is 7.10. The van der Waals surface area contributed by atoms with Crippen LogP contribution in [0.5, 0.6) is 5.75 Å². The average molecular weight is 477 g/mol. The Balaban J connectivity index is 1.69. The van der Waals surface area contributed by atoms with Gasteiger partial charge in [-0.1, -0.05) is 6.08 Å². The maximum absolute atomic E-state index is 13.4. The Labute approximate surface area is 199 Å². The van der Waals surface area contributed by atoms with Gasteiger partial charge in [0.15, 0.2) is 0 Å². The van der Waals surface area contributed by atoms with Crippen LogP contribution in [-0.2, 0) is 16.0 Å². The molecular formula is C25H33FN2O4S. The molecular weight excluding hydrogens is 443 g/mol. The van der Waals surface area contributed by atoms with E-state index in [1.807, 2.05) is 15.2 Å². The molecule has 0 saturated carbocycles. The first-order valence-corrected chi connectivity index (χ1v) is 12.1. The summed E-state index contributed by atoms with van der Waals surface area (Å²) in [6, 6.07) is 7.75. The van der Waals surface area contributed by atoms with E-state index in [1.54, 1.807) is 36.7 Å². The SMILES string of the molecule is C=CCC[C@H](O)CN(CCOC)CC(=O)N1CCc2sccc2[C@H]1COc1ccc(F)cc1. The first-order valence-electron chi connectivity index (χ1n) is 11.3. The largest absolute Gasteiger partial charge is 0.491 e. The van der Waals surface area contributed by atoms with Gasteiger partial charge in [0, 0.05) is 31.6 Å². The molecule has 1 amide bonds. The zero-order valence-electron chi connectivity index (χ0n) is 19.1. The smallest absolute Gasteiger partial charge is 0.237 e. The van der Waals surface area contributed by atoms with Crippen molar-refractivity contribution in [2.45, 2.75) is 31.4 Å². The van der Waals surface area contributed by atoms with Crippen molar-refractivity contribution in [1.29, 1.82) is 0 Å². The van der Waals surface area contributed by atoms with Crippen molar-refractivity contribution in [3.05, 3.63) is 64.6 Å². The summed E-state index contributed by atoms with van der Waals surface area (Å²) in [4.78, 5) is 18.5. The van der Waals surface area contributed by atoms with E-state index in [2.05, 4.69) is 12.6 Å². The standard InChI is InChI=1S/C25H33FN2O4S/c1-3-4-5-20(29)16-27(13-14-31-2)17-25(30)28-12-10-24-22(11-15-33-24)23(28)18-32-21-8-6-19(26)7-9-21/h3,6-9,11,15,20,23,29H,1,4-5,10,12-14,16-18H2,2H3/t20-,23+/m0/s1. The summed E-state index contributed by atoms with van der Waals surface area (Å²) in [5.74, 6) is 0.244. The van der Waals surface area contributed by atoms with Crippen LogP contribution in [0.15, 0.2) is 48.4 Å². The molecule has 8 heteroatoms. The fourth-order valence-electron chi connectivity index (χ4n) is 4.02.